The lowest BCUT2D eigenvalue weighted by atomic mass is 9.69. The number of nitrogens with one attached hydrogen (secondary N) is 1. The summed E-state index contributed by atoms with van der Waals surface area (Å²) in [7, 11) is 0. The van der Waals surface area contributed by atoms with Crippen LogP contribution in [0.25, 0.3) is 0 Å². The van der Waals surface area contributed by atoms with Gasteiger partial charge in [0.25, 0.3) is 0 Å². The summed E-state index contributed by atoms with van der Waals surface area (Å²) in [5, 5.41) is 24.0. The zero-order valence-corrected chi connectivity index (χ0v) is 18.9. The Morgan fingerprint density at radius 1 is 1.00 bits per heavy atom. The average Bonchev–Trinajstić information content (AvgIpc) is 3.15. The molecule has 1 amide bonds. The molecule has 0 unspecified atom stereocenters. The summed E-state index contributed by atoms with van der Waals surface area (Å²) in [6, 6.07) is 25.9. The van der Waals surface area contributed by atoms with E-state index in [1.54, 1.807) is 6.21 Å². The van der Waals surface area contributed by atoms with Gasteiger partial charge in [-0.15, -0.1) is 0 Å². The smallest absolute Gasteiger partial charge is 0.247 e. The van der Waals surface area contributed by atoms with Crippen LogP contribution >= 0.6 is 0 Å². The highest BCUT2D eigenvalue weighted by Gasteiger charge is 2.64. The van der Waals surface area contributed by atoms with Crippen molar-refractivity contribution in [3.63, 3.8) is 0 Å². The Morgan fingerprint density at radius 2 is 1.71 bits per heavy atom. The molecule has 3 atom stereocenters. The molecule has 1 saturated heterocycles. The van der Waals surface area contributed by atoms with Crippen LogP contribution in [0.3, 0.4) is 0 Å². The summed E-state index contributed by atoms with van der Waals surface area (Å²) in [6.07, 6.45) is 1.65. The first-order valence-corrected chi connectivity index (χ1v) is 11.2. The third-order valence-corrected chi connectivity index (χ3v) is 6.83. The summed E-state index contributed by atoms with van der Waals surface area (Å²) in [6.45, 7) is 3.96. The van der Waals surface area contributed by atoms with Gasteiger partial charge < -0.3 is 10.2 Å². The maximum absolute atomic E-state index is 13.9. The number of carbonyl (C=O) groups is 1. The van der Waals surface area contributed by atoms with Gasteiger partial charge in [0.1, 0.15) is 6.04 Å². The molecule has 6 heteroatoms. The Morgan fingerprint density at radius 3 is 2.41 bits per heavy atom. The van der Waals surface area contributed by atoms with E-state index >= 15 is 0 Å². The van der Waals surface area contributed by atoms with Crippen LogP contribution in [0.2, 0.25) is 0 Å². The number of anilines is 2. The third-order valence-electron chi connectivity index (χ3n) is 6.83. The molecule has 0 spiro atoms. The van der Waals surface area contributed by atoms with Crippen LogP contribution in [-0.4, -0.2) is 24.2 Å². The number of amides is 1. The number of aliphatic imine (C=N–C) groups is 1. The van der Waals surface area contributed by atoms with E-state index < -0.39 is 23.4 Å². The highest BCUT2D eigenvalue weighted by molar-refractivity contribution is 6.02. The first-order valence-electron chi connectivity index (χ1n) is 11.2. The Bertz CT molecular complexity index is 1370. The predicted molar refractivity (Wildman–Crippen MR) is 132 cm³/mol. The molecule has 3 aromatic rings. The molecule has 1 N–H and O–H groups in total. The van der Waals surface area contributed by atoms with Gasteiger partial charge in [-0.25, -0.2) is 0 Å². The van der Waals surface area contributed by atoms with E-state index in [9.17, 15) is 15.3 Å². The van der Waals surface area contributed by atoms with Crippen molar-refractivity contribution in [3.8, 4) is 12.1 Å². The van der Waals surface area contributed by atoms with Crippen LogP contribution in [0.1, 0.15) is 22.6 Å². The molecule has 34 heavy (non-hydrogen) atoms. The van der Waals surface area contributed by atoms with E-state index in [1.165, 1.54) is 0 Å². The van der Waals surface area contributed by atoms with Crippen LogP contribution < -0.4 is 10.2 Å². The van der Waals surface area contributed by atoms with Gasteiger partial charge in [-0.1, -0.05) is 54.1 Å². The van der Waals surface area contributed by atoms with Gasteiger partial charge in [0.05, 0.1) is 29.6 Å². The Labute approximate surface area is 198 Å². The van der Waals surface area contributed by atoms with E-state index in [4.69, 9.17) is 0 Å². The molecule has 1 fully saturated rings. The second-order valence-electron chi connectivity index (χ2n) is 8.85. The van der Waals surface area contributed by atoms with Crippen molar-refractivity contribution >= 4 is 29.2 Å². The minimum atomic E-state index is -1.50. The maximum atomic E-state index is 13.9. The average molecular weight is 446 g/mol. The van der Waals surface area contributed by atoms with Crippen molar-refractivity contribution < 1.29 is 4.79 Å². The summed E-state index contributed by atoms with van der Waals surface area (Å²) in [4.78, 5) is 20.4. The number of aryl methyl sites for hydroxylation is 2. The number of fused-ring (bicyclic) bond motifs is 3. The number of rotatable bonds is 3. The second-order valence-corrected chi connectivity index (χ2v) is 8.85. The molecule has 3 aromatic carbocycles. The van der Waals surface area contributed by atoms with E-state index in [0.29, 0.717) is 11.4 Å². The summed E-state index contributed by atoms with van der Waals surface area (Å²) >= 11 is 0. The third kappa shape index (κ3) is 3.16. The first kappa shape index (κ1) is 21.4. The Balaban J connectivity index is 1.74. The van der Waals surface area contributed by atoms with Gasteiger partial charge in [0.15, 0.2) is 5.41 Å². The molecule has 0 saturated carbocycles. The van der Waals surface area contributed by atoms with E-state index in [0.717, 1.165) is 22.4 Å². The van der Waals surface area contributed by atoms with Gasteiger partial charge in [0, 0.05) is 17.8 Å². The number of nitrogens with zero attached hydrogens (tertiary/aromatic N) is 4. The van der Waals surface area contributed by atoms with E-state index in [-0.39, 0.29) is 5.91 Å². The largest absolute Gasteiger partial charge is 0.346 e. The summed E-state index contributed by atoms with van der Waals surface area (Å²) in [5.74, 6) is -0.951. The van der Waals surface area contributed by atoms with Crippen LogP contribution in [0.15, 0.2) is 77.8 Å². The van der Waals surface area contributed by atoms with Crippen molar-refractivity contribution in [2.24, 2.45) is 10.4 Å². The number of nitriles is 2. The molecule has 166 valence electrons. The lowest BCUT2D eigenvalue weighted by Gasteiger charge is -2.34. The van der Waals surface area contributed by atoms with Gasteiger partial charge in [-0.2, -0.15) is 10.5 Å². The number of benzene rings is 3. The molecular formula is C28H23N5O. The maximum Gasteiger partial charge on any atom is 0.247 e. The fraction of sp³-hybridized carbons (Fsp3) is 0.214. The minimum Gasteiger partial charge on any atom is -0.346 e. The highest BCUT2D eigenvalue weighted by Crippen LogP contribution is 2.55. The normalized spacial score (nSPS) is 21.6. The lowest BCUT2D eigenvalue weighted by Crippen LogP contribution is -2.47. The standard InChI is InChI=1S/C28H23N5O/c1-18-12-13-21(19(2)14-18)25-26(27(34)32-20-8-4-3-5-9-20)33-23-11-7-6-10-22(23)31-15-24(33)28(25,16-29)17-30/h3-15,24-26H,1-2H3,(H,32,34)/t24-,25-,26+/m1/s1. The Kier molecular flexibility index (Phi) is 5.15. The molecule has 5 rings (SSSR count). The van der Waals surface area contributed by atoms with E-state index in [2.05, 4.69) is 22.4 Å². The molecule has 0 bridgehead atoms. The number of hydrogen-bond donors (Lipinski definition) is 1. The first-order chi connectivity index (χ1) is 16.5. The van der Waals surface area contributed by atoms with Crippen LogP contribution in [-0.2, 0) is 4.79 Å². The molecule has 0 aliphatic carbocycles. The second kappa shape index (κ2) is 8.17. The van der Waals surface area contributed by atoms with Gasteiger partial charge in [-0.05, 0) is 49.2 Å². The Hall–Kier alpha value is -4.42. The van der Waals surface area contributed by atoms with Crippen LogP contribution in [0.5, 0.6) is 0 Å². The quantitative estimate of drug-likeness (QED) is 0.612. The molecule has 0 aromatic heterocycles. The monoisotopic (exact) mass is 445 g/mol. The zero-order valence-electron chi connectivity index (χ0n) is 18.9. The van der Waals surface area contributed by atoms with Crippen LogP contribution in [0, 0.1) is 41.9 Å². The fourth-order valence-corrected chi connectivity index (χ4v) is 5.32. The van der Waals surface area contributed by atoms with Gasteiger partial charge in [0.2, 0.25) is 5.91 Å². The molecule has 2 aliphatic rings. The fourth-order valence-electron chi connectivity index (χ4n) is 5.32. The lowest BCUT2D eigenvalue weighted by molar-refractivity contribution is -0.117. The van der Waals surface area contributed by atoms with E-state index in [1.807, 2.05) is 91.5 Å². The molecule has 0 radical (unpaired) electrons. The van der Waals surface area contributed by atoms with Crippen molar-refractivity contribution in [3.05, 3.63) is 89.5 Å². The van der Waals surface area contributed by atoms with Crippen molar-refractivity contribution in [1.82, 2.24) is 0 Å². The zero-order chi connectivity index (χ0) is 23.9. The number of hydrogen-bond acceptors (Lipinski definition) is 5. The molecule has 2 aliphatic heterocycles. The van der Waals surface area contributed by atoms with Crippen molar-refractivity contribution in [1.29, 1.82) is 10.5 Å². The molecular weight excluding hydrogens is 422 g/mol. The van der Waals surface area contributed by atoms with Crippen molar-refractivity contribution in [2.75, 3.05) is 10.2 Å². The summed E-state index contributed by atoms with van der Waals surface area (Å²) in [5.41, 5.74) is 3.45. The SMILES string of the molecule is Cc1ccc([C@@H]2[C@@H](C(=O)Nc3ccccc3)N3c4ccccc4N=C[C@@H]3C2(C#N)C#N)c(C)c1. The van der Waals surface area contributed by atoms with Gasteiger partial charge in [-0.3, -0.25) is 9.79 Å². The summed E-state index contributed by atoms with van der Waals surface area (Å²) < 4.78 is 0. The predicted octanol–water partition coefficient (Wildman–Crippen LogP) is 5.03. The minimum absolute atomic E-state index is 0.265. The molecule has 2 heterocycles. The topological polar surface area (TPSA) is 92.3 Å². The van der Waals surface area contributed by atoms with Crippen molar-refractivity contribution in [2.45, 2.75) is 31.8 Å². The molecule has 6 nitrogen and oxygen atoms in total. The number of carbonyl (C=O) groups excluding carboxylic acids is 1. The number of para-hydroxylation sites is 3. The highest BCUT2D eigenvalue weighted by atomic mass is 16.2. The van der Waals surface area contributed by atoms with Crippen LogP contribution in [0.4, 0.5) is 17.1 Å². The van der Waals surface area contributed by atoms with Gasteiger partial charge >= 0.3 is 0 Å².